The fourth-order valence-corrected chi connectivity index (χ4v) is 1.02. The van der Waals surface area contributed by atoms with E-state index in [4.69, 9.17) is 9.47 Å². The van der Waals surface area contributed by atoms with E-state index < -0.39 is 0 Å². The fraction of sp³-hybridized carbons (Fsp3) is 0.667. The summed E-state index contributed by atoms with van der Waals surface area (Å²) in [6.45, 7) is 8.62. The van der Waals surface area contributed by atoms with Gasteiger partial charge in [-0.2, -0.15) is 0 Å². The Kier molecular flexibility index (Phi) is 3.92. The van der Waals surface area contributed by atoms with Crippen molar-refractivity contribution in [2.45, 2.75) is 6.92 Å². The summed E-state index contributed by atoms with van der Waals surface area (Å²) in [7, 11) is 0. The molecule has 0 bridgehead atoms. The summed E-state index contributed by atoms with van der Waals surface area (Å²) >= 11 is 0. The number of carbonyl (C=O) groups excluding carboxylic acids is 1. The lowest BCUT2D eigenvalue weighted by Gasteiger charge is -2.12. The Balaban J connectivity index is 2.06. The van der Waals surface area contributed by atoms with Gasteiger partial charge in [-0.15, -0.1) is 0 Å². The zero-order valence-electron chi connectivity index (χ0n) is 7.91. The van der Waals surface area contributed by atoms with E-state index in [1.807, 2.05) is 0 Å². The molecular formula is C9H15NO3. The van der Waals surface area contributed by atoms with Crippen molar-refractivity contribution in [3.8, 4) is 0 Å². The highest BCUT2D eigenvalue weighted by atomic mass is 16.5. The van der Waals surface area contributed by atoms with Crippen LogP contribution in [0.2, 0.25) is 0 Å². The first-order valence-electron chi connectivity index (χ1n) is 4.33. The lowest BCUT2D eigenvalue weighted by atomic mass is 10.4. The van der Waals surface area contributed by atoms with Crippen molar-refractivity contribution in [2.24, 2.45) is 0 Å². The third-order valence-electron chi connectivity index (χ3n) is 1.81. The Morgan fingerprint density at radius 2 is 2.46 bits per heavy atom. The highest BCUT2D eigenvalue weighted by molar-refractivity contribution is 5.86. The molecule has 74 valence electrons. The molecule has 1 aliphatic heterocycles. The first kappa shape index (κ1) is 10.2. The number of carbonyl (C=O) groups is 1. The standard InChI is InChI=1S/C9H15NO3/c1-8(2)9(11)13-6-4-10-3-5-12-7-10/h1,3-7H2,2H3. The van der Waals surface area contributed by atoms with Gasteiger partial charge in [-0.3, -0.25) is 4.90 Å². The van der Waals surface area contributed by atoms with Crippen LogP contribution in [-0.2, 0) is 14.3 Å². The molecule has 4 nitrogen and oxygen atoms in total. The topological polar surface area (TPSA) is 38.8 Å². The minimum absolute atomic E-state index is 0.319. The summed E-state index contributed by atoms with van der Waals surface area (Å²) in [6.07, 6.45) is 0. The van der Waals surface area contributed by atoms with Gasteiger partial charge in [-0.05, 0) is 6.92 Å². The molecule has 0 aromatic carbocycles. The van der Waals surface area contributed by atoms with Gasteiger partial charge in [0.1, 0.15) is 6.61 Å². The third-order valence-corrected chi connectivity index (χ3v) is 1.81. The summed E-state index contributed by atoms with van der Waals surface area (Å²) in [6, 6.07) is 0. The first-order valence-corrected chi connectivity index (χ1v) is 4.33. The molecule has 0 atom stereocenters. The van der Waals surface area contributed by atoms with Crippen molar-refractivity contribution in [2.75, 3.05) is 33.0 Å². The Bertz CT molecular complexity index is 197. The molecule has 0 aromatic heterocycles. The number of rotatable bonds is 4. The van der Waals surface area contributed by atoms with Gasteiger partial charge >= 0.3 is 5.97 Å². The lowest BCUT2D eigenvalue weighted by molar-refractivity contribution is -0.139. The van der Waals surface area contributed by atoms with Crippen molar-refractivity contribution < 1.29 is 14.3 Å². The van der Waals surface area contributed by atoms with Gasteiger partial charge in [0, 0.05) is 18.7 Å². The molecule has 1 aliphatic rings. The van der Waals surface area contributed by atoms with Crippen molar-refractivity contribution in [3.05, 3.63) is 12.2 Å². The van der Waals surface area contributed by atoms with Crippen LogP contribution in [0.1, 0.15) is 6.92 Å². The molecule has 1 saturated heterocycles. The third kappa shape index (κ3) is 3.57. The zero-order valence-corrected chi connectivity index (χ0v) is 7.91. The van der Waals surface area contributed by atoms with E-state index in [0.29, 0.717) is 18.9 Å². The Morgan fingerprint density at radius 3 is 3.00 bits per heavy atom. The van der Waals surface area contributed by atoms with Gasteiger partial charge in [-0.25, -0.2) is 4.79 Å². The fourth-order valence-electron chi connectivity index (χ4n) is 1.02. The molecule has 0 N–H and O–H groups in total. The average Bonchev–Trinajstić information content (AvgIpc) is 2.56. The lowest BCUT2D eigenvalue weighted by Crippen LogP contribution is -2.25. The molecular weight excluding hydrogens is 170 g/mol. The van der Waals surface area contributed by atoms with E-state index in [-0.39, 0.29) is 5.97 Å². The maximum absolute atomic E-state index is 10.9. The highest BCUT2D eigenvalue weighted by Crippen LogP contribution is 1.98. The maximum atomic E-state index is 10.9. The quantitative estimate of drug-likeness (QED) is 0.469. The van der Waals surface area contributed by atoms with Crippen LogP contribution >= 0.6 is 0 Å². The van der Waals surface area contributed by atoms with Gasteiger partial charge in [0.25, 0.3) is 0 Å². The van der Waals surface area contributed by atoms with E-state index in [1.54, 1.807) is 6.92 Å². The largest absolute Gasteiger partial charge is 0.461 e. The predicted octanol–water partition coefficient (Wildman–Crippen LogP) is 0.395. The first-order chi connectivity index (χ1) is 6.20. The molecule has 4 heteroatoms. The van der Waals surface area contributed by atoms with Gasteiger partial charge in [-0.1, -0.05) is 6.58 Å². The van der Waals surface area contributed by atoms with Crippen LogP contribution in [0.3, 0.4) is 0 Å². The minimum atomic E-state index is -0.319. The maximum Gasteiger partial charge on any atom is 0.333 e. The van der Waals surface area contributed by atoms with E-state index in [2.05, 4.69) is 11.5 Å². The number of ether oxygens (including phenoxy) is 2. The Labute approximate surface area is 78.1 Å². The molecule has 0 aliphatic carbocycles. The van der Waals surface area contributed by atoms with Gasteiger partial charge in [0.2, 0.25) is 0 Å². The summed E-state index contributed by atoms with van der Waals surface area (Å²) in [5, 5.41) is 0. The Morgan fingerprint density at radius 1 is 1.69 bits per heavy atom. The van der Waals surface area contributed by atoms with Crippen molar-refractivity contribution >= 4 is 5.97 Å². The van der Waals surface area contributed by atoms with Gasteiger partial charge < -0.3 is 9.47 Å². The number of esters is 1. The summed E-state index contributed by atoms with van der Waals surface area (Å²) < 4.78 is 10.1. The molecule has 0 aromatic rings. The van der Waals surface area contributed by atoms with Crippen LogP contribution < -0.4 is 0 Å². The normalized spacial score (nSPS) is 17.3. The minimum Gasteiger partial charge on any atom is -0.461 e. The van der Waals surface area contributed by atoms with Crippen LogP contribution in [0.4, 0.5) is 0 Å². The smallest absolute Gasteiger partial charge is 0.333 e. The highest BCUT2D eigenvalue weighted by Gasteiger charge is 2.12. The van der Waals surface area contributed by atoms with Gasteiger partial charge in [0.15, 0.2) is 0 Å². The van der Waals surface area contributed by atoms with E-state index in [0.717, 1.165) is 19.7 Å². The molecule has 0 unspecified atom stereocenters. The van der Waals surface area contributed by atoms with Crippen LogP contribution in [0.15, 0.2) is 12.2 Å². The molecule has 1 heterocycles. The second-order valence-corrected chi connectivity index (χ2v) is 3.07. The van der Waals surface area contributed by atoms with Crippen molar-refractivity contribution in [1.29, 1.82) is 0 Å². The molecule has 0 radical (unpaired) electrons. The number of hydrogen-bond donors (Lipinski definition) is 0. The SMILES string of the molecule is C=C(C)C(=O)OCCN1CCOC1. The monoisotopic (exact) mass is 185 g/mol. The summed E-state index contributed by atoms with van der Waals surface area (Å²) in [5.74, 6) is -0.319. The second kappa shape index (κ2) is 4.99. The number of hydrogen-bond acceptors (Lipinski definition) is 4. The van der Waals surface area contributed by atoms with Crippen LogP contribution in [0.5, 0.6) is 0 Å². The van der Waals surface area contributed by atoms with Crippen molar-refractivity contribution in [3.63, 3.8) is 0 Å². The number of nitrogens with zero attached hydrogens (tertiary/aromatic N) is 1. The predicted molar refractivity (Wildman–Crippen MR) is 48.2 cm³/mol. The zero-order chi connectivity index (χ0) is 9.68. The molecule has 0 saturated carbocycles. The molecule has 1 fully saturated rings. The van der Waals surface area contributed by atoms with E-state index in [9.17, 15) is 4.79 Å². The van der Waals surface area contributed by atoms with Crippen molar-refractivity contribution in [1.82, 2.24) is 4.90 Å². The average molecular weight is 185 g/mol. The molecule has 0 spiro atoms. The Hall–Kier alpha value is -0.870. The molecule has 0 amide bonds. The summed E-state index contributed by atoms with van der Waals surface area (Å²) in [4.78, 5) is 13.0. The van der Waals surface area contributed by atoms with Gasteiger partial charge in [0.05, 0.1) is 13.3 Å². The van der Waals surface area contributed by atoms with Crippen LogP contribution in [0.25, 0.3) is 0 Å². The van der Waals surface area contributed by atoms with E-state index in [1.165, 1.54) is 0 Å². The van der Waals surface area contributed by atoms with E-state index >= 15 is 0 Å². The van der Waals surface area contributed by atoms with Crippen LogP contribution in [-0.4, -0.2) is 43.9 Å². The van der Waals surface area contributed by atoms with Crippen LogP contribution in [0, 0.1) is 0 Å². The molecule has 13 heavy (non-hydrogen) atoms. The second-order valence-electron chi connectivity index (χ2n) is 3.07. The molecule has 1 rings (SSSR count). The summed E-state index contributed by atoms with van der Waals surface area (Å²) in [5.41, 5.74) is 0.442.